The Morgan fingerprint density at radius 1 is 1.31 bits per heavy atom. The molecule has 0 spiro atoms. The van der Waals surface area contributed by atoms with E-state index in [1.165, 1.54) is 19.3 Å². The van der Waals surface area contributed by atoms with Crippen LogP contribution in [0, 0.1) is 11.8 Å². The van der Waals surface area contributed by atoms with E-state index in [4.69, 9.17) is 28.9 Å². The summed E-state index contributed by atoms with van der Waals surface area (Å²) in [7, 11) is 0. The van der Waals surface area contributed by atoms with Gasteiger partial charge in [0, 0.05) is 16.1 Å². The highest BCUT2D eigenvalue weighted by Gasteiger charge is 2.28. The van der Waals surface area contributed by atoms with E-state index in [0.29, 0.717) is 10.9 Å². The van der Waals surface area contributed by atoms with Crippen LogP contribution in [0.15, 0.2) is 18.2 Å². The molecule has 1 aromatic carbocycles. The first-order valence-corrected chi connectivity index (χ1v) is 6.54. The lowest BCUT2D eigenvalue weighted by Crippen LogP contribution is -2.19. The van der Waals surface area contributed by atoms with Gasteiger partial charge in [-0.15, -0.1) is 0 Å². The third-order valence-electron chi connectivity index (χ3n) is 3.56. The van der Waals surface area contributed by atoms with Gasteiger partial charge in [-0.05, 0) is 48.4 Å². The lowest BCUT2D eigenvalue weighted by molar-refractivity contribution is 0.429. The van der Waals surface area contributed by atoms with Gasteiger partial charge in [-0.1, -0.05) is 36.5 Å². The fourth-order valence-electron chi connectivity index (χ4n) is 2.60. The predicted molar refractivity (Wildman–Crippen MR) is 69.9 cm³/mol. The van der Waals surface area contributed by atoms with Gasteiger partial charge in [0.1, 0.15) is 0 Å². The molecule has 88 valence electrons. The van der Waals surface area contributed by atoms with Crippen molar-refractivity contribution in [2.45, 2.75) is 32.2 Å². The topological polar surface area (TPSA) is 26.0 Å². The fraction of sp³-hybridized carbons (Fsp3) is 0.538. The van der Waals surface area contributed by atoms with Gasteiger partial charge in [0.25, 0.3) is 0 Å². The van der Waals surface area contributed by atoms with E-state index in [0.717, 1.165) is 16.5 Å². The van der Waals surface area contributed by atoms with E-state index >= 15 is 0 Å². The molecule has 3 atom stereocenters. The number of halogens is 2. The molecule has 0 saturated heterocycles. The smallest absolute Gasteiger partial charge is 0.0454 e. The Bertz CT molecular complexity index is 378. The Morgan fingerprint density at radius 2 is 2.06 bits per heavy atom. The molecule has 2 N–H and O–H groups in total. The predicted octanol–water partition coefficient (Wildman–Crippen LogP) is 4.43. The molecule has 1 nitrogen and oxygen atoms in total. The minimum absolute atomic E-state index is 0.0242. The van der Waals surface area contributed by atoms with Crippen molar-refractivity contribution < 1.29 is 0 Å². The van der Waals surface area contributed by atoms with E-state index in [1.54, 1.807) is 6.07 Å². The summed E-state index contributed by atoms with van der Waals surface area (Å²) in [5, 5.41) is 1.44. The van der Waals surface area contributed by atoms with Gasteiger partial charge in [0.15, 0.2) is 0 Å². The molecule has 0 amide bonds. The maximum Gasteiger partial charge on any atom is 0.0454 e. The second-order valence-electron chi connectivity index (χ2n) is 4.87. The van der Waals surface area contributed by atoms with E-state index in [1.807, 2.05) is 12.1 Å². The molecule has 3 heteroatoms. The van der Waals surface area contributed by atoms with Gasteiger partial charge in [0.05, 0.1) is 0 Å². The van der Waals surface area contributed by atoms with Crippen LogP contribution in [-0.2, 0) is 0 Å². The number of hydrogen-bond acceptors (Lipinski definition) is 1. The first-order valence-electron chi connectivity index (χ1n) is 5.78. The zero-order chi connectivity index (χ0) is 11.7. The van der Waals surface area contributed by atoms with Gasteiger partial charge in [0.2, 0.25) is 0 Å². The maximum absolute atomic E-state index is 6.29. The Kier molecular flexibility index (Phi) is 3.78. The first-order chi connectivity index (χ1) is 7.58. The molecule has 2 rings (SSSR count). The zero-order valence-electron chi connectivity index (χ0n) is 9.42. The molecule has 0 aromatic heterocycles. The van der Waals surface area contributed by atoms with E-state index < -0.39 is 0 Å². The zero-order valence-corrected chi connectivity index (χ0v) is 10.9. The summed E-state index contributed by atoms with van der Waals surface area (Å²) in [5.74, 6) is 1.33. The van der Waals surface area contributed by atoms with Crippen LogP contribution in [0.4, 0.5) is 0 Å². The molecular weight excluding hydrogens is 241 g/mol. The average Bonchev–Trinajstić information content (AvgIpc) is 2.67. The van der Waals surface area contributed by atoms with Crippen LogP contribution in [0.2, 0.25) is 10.0 Å². The summed E-state index contributed by atoms with van der Waals surface area (Å²) in [5.41, 5.74) is 7.28. The highest BCUT2D eigenvalue weighted by molar-refractivity contribution is 6.33. The van der Waals surface area contributed by atoms with Crippen molar-refractivity contribution in [1.82, 2.24) is 0 Å². The number of nitrogens with two attached hydrogens (primary N) is 1. The minimum Gasteiger partial charge on any atom is -0.324 e. The molecule has 1 saturated carbocycles. The van der Waals surface area contributed by atoms with Crippen molar-refractivity contribution in [1.29, 1.82) is 0 Å². The third-order valence-corrected chi connectivity index (χ3v) is 4.14. The maximum atomic E-state index is 6.29. The number of hydrogen-bond donors (Lipinski definition) is 1. The van der Waals surface area contributed by atoms with Crippen molar-refractivity contribution >= 4 is 23.2 Å². The molecule has 1 aliphatic rings. The van der Waals surface area contributed by atoms with E-state index in [2.05, 4.69) is 6.92 Å². The summed E-state index contributed by atoms with van der Waals surface area (Å²) >= 11 is 12.1. The SMILES string of the molecule is CC1CCC(C(N)c2cc(Cl)ccc2Cl)C1. The van der Waals surface area contributed by atoms with E-state index in [-0.39, 0.29) is 6.04 Å². The van der Waals surface area contributed by atoms with Crippen molar-refractivity contribution in [3.63, 3.8) is 0 Å². The Morgan fingerprint density at radius 3 is 2.69 bits per heavy atom. The van der Waals surface area contributed by atoms with Crippen molar-refractivity contribution in [2.24, 2.45) is 17.6 Å². The molecule has 1 aliphatic carbocycles. The molecule has 0 bridgehead atoms. The highest BCUT2D eigenvalue weighted by atomic mass is 35.5. The van der Waals surface area contributed by atoms with Gasteiger partial charge in [-0.25, -0.2) is 0 Å². The van der Waals surface area contributed by atoms with Gasteiger partial charge >= 0.3 is 0 Å². The third kappa shape index (κ3) is 2.53. The van der Waals surface area contributed by atoms with Crippen molar-refractivity contribution in [2.75, 3.05) is 0 Å². The van der Waals surface area contributed by atoms with Gasteiger partial charge in [-0.3, -0.25) is 0 Å². The van der Waals surface area contributed by atoms with Gasteiger partial charge in [-0.2, -0.15) is 0 Å². The Balaban J connectivity index is 2.20. The molecule has 1 aromatic rings. The molecule has 0 heterocycles. The lowest BCUT2D eigenvalue weighted by Gasteiger charge is -2.20. The van der Waals surface area contributed by atoms with E-state index in [9.17, 15) is 0 Å². The highest BCUT2D eigenvalue weighted by Crippen LogP contribution is 2.39. The average molecular weight is 258 g/mol. The summed E-state index contributed by atoms with van der Waals surface area (Å²) in [6.45, 7) is 2.28. The molecule has 1 fully saturated rings. The molecule has 3 unspecified atom stereocenters. The number of benzene rings is 1. The second kappa shape index (κ2) is 4.95. The standard InChI is InChI=1S/C13H17Cl2N/c1-8-2-3-9(6-8)13(16)11-7-10(14)4-5-12(11)15/h4-5,7-9,13H,2-3,6,16H2,1H3. The second-order valence-corrected chi connectivity index (χ2v) is 5.71. The summed E-state index contributed by atoms with van der Waals surface area (Å²) in [6.07, 6.45) is 3.67. The molecule has 0 radical (unpaired) electrons. The lowest BCUT2D eigenvalue weighted by atomic mass is 9.92. The molecule has 16 heavy (non-hydrogen) atoms. The summed E-state index contributed by atoms with van der Waals surface area (Å²) in [4.78, 5) is 0. The molecular formula is C13H17Cl2N. The summed E-state index contributed by atoms with van der Waals surface area (Å²) < 4.78 is 0. The molecule has 0 aliphatic heterocycles. The van der Waals surface area contributed by atoms with Crippen LogP contribution in [0.5, 0.6) is 0 Å². The number of rotatable bonds is 2. The largest absolute Gasteiger partial charge is 0.324 e. The van der Waals surface area contributed by atoms with Crippen molar-refractivity contribution in [3.05, 3.63) is 33.8 Å². The van der Waals surface area contributed by atoms with Crippen LogP contribution in [0.1, 0.15) is 37.8 Å². The van der Waals surface area contributed by atoms with Crippen LogP contribution in [0.25, 0.3) is 0 Å². The fourth-order valence-corrected chi connectivity index (χ4v) is 3.03. The van der Waals surface area contributed by atoms with Crippen LogP contribution >= 0.6 is 23.2 Å². The van der Waals surface area contributed by atoms with Crippen LogP contribution < -0.4 is 5.73 Å². The normalized spacial score (nSPS) is 27.0. The quantitative estimate of drug-likeness (QED) is 0.834. The Labute approximate surface area is 107 Å². The van der Waals surface area contributed by atoms with Gasteiger partial charge < -0.3 is 5.73 Å². The minimum atomic E-state index is 0.0242. The first kappa shape index (κ1) is 12.2. The van der Waals surface area contributed by atoms with Crippen LogP contribution in [-0.4, -0.2) is 0 Å². The van der Waals surface area contributed by atoms with Crippen molar-refractivity contribution in [3.8, 4) is 0 Å². The Hall–Kier alpha value is -0.240. The monoisotopic (exact) mass is 257 g/mol. The van der Waals surface area contributed by atoms with Crippen LogP contribution in [0.3, 0.4) is 0 Å². The summed E-state index contributed by atoms with van der Waals surface area (Å²) in [6, 6.07) is 5.56.